The quantitative estimate of drug-likeness (QED) is 0.767. The molecule has 0 aromatic heterocycles. The van der Waals surface area contributed by atoms with Gasteiger partial charge >= 0.3 is 7.12 Å². The Morgan fingerprint density at radius 2 is 2.20 bits per heavy atom. The Labute approximate surface area is 118 Å². The van der Waals surface area contributed by atoms with Gasteiger partial charge < -0.3 is 24.3 Å². The van der Waals surface area contributed by atoms with Crippen molar-refractivity contribution >= 4 is 12.6 Å². The Bertz CT molecular complexity index is 459. The molecule has 3 rings (SSSR count). The lowest BCUT2D eigenvalue weighted by atomic mass is 9.80. The van der Waals surface area contributed by atoms with E-state index in [1.54, 1.807) is 18.2 Å². The van der Waals surface area contributed by atoms with Crippen LogP contribution in [-0.2, 0) is 9.47 Å². The average Bonchev–Trinajstić information content (AvgIpc) is 2.87. The van der Waals surface area contributed by atoms with Gasteiger partial charge in [0, 0.05) is 25.9 Å². The molecule has 0 bridgehead atoms. The van der Waals surface area contributed by atoms with Gasteiger partial charge in [-0.2, -0.15) is 0 Å². The van der Waals surface area contributed by atoms with Gasteiger partial charge in [-0.15, -0.1) is 0 Å². The van der Waals surface area contributed by atoms with Gasteiger partial charge in [0.25, 0.3) is 0 Å². The summed E-state index contributed by atoms with van der Waals surface area (Å²) in [5.41, 5.74) is 0.255. The fraction of sp³-hybridized carbons (Fsp3) is 0.571. The molecular weight excluding hydrogens is 259 g/mol. The first kappa shape index (κ1) is 13.9. The minimum atomic E-state index is -1.47. The van der Waals surface area contributed by atoms with Crippen molar-refractivity contribution in [1.82, 2.24) is 0 Å². The molecule has 2 fully saturated rings. The molecule has 108 valence electrons. The number of hydrogen-bond donors (Lipinski definition) is 2. The van der Waals surface area contributed by atoms with Crippen LogP contribution in [0, 0.1) is 0 Å². The van der Waals surface area contributed by atoms with E-state index in [1.807, 2.05) is 6.07 Å². The molecule has 2 atom stereocenters. The number of rotatable bonds is 3. The Balaban J connectivity index is 1.66. The monoisotopic (exact) mass is 278 g/mol. The third-order valence-corrected chi connectivity index (χ3v) is 3.97. The van der Waals surface area contributed by atoms with Gasteiger partial charge in [-0.05, 0) is 17.6 Å². The van der Waals surface area contributed by atoms with Crippen molar-refractivity contribution in [2.24, 2.45) is 0 Å². The van der Waals surface area contributed by atoms with Gasteiger partial charge in [0.05, 0.1) is 18.8 Å². The smallest absolute Gasteiger partial charge is 0.488 e. The zero-order valence-corrected chi connectivity index (χ0v) is 11.3. The third kappa shape index (κ3) is 2.98. The van der Waals surface area contributed by atoms with Gasteiger partial charge in [-0.25, -0.2) is 0 Å². The Morgan fingerprint density at radius 3 is 2.95 bits per heavy atom. The van der Waals surface area contributed by atoms with E-state index in [9.17, 15) is 10.0 Å². The van der Waals surface area contributed by atoms with Gasteiger partial charge in [0.15, 0.2) is 0 Å². The summed E-state index contributed by atoms with van der Waals surface area (Å²) >= 11 is 0. The second-order valence-corrected chi connectivity index (χ2v) is 5.51. The molecule has 2 aliphatic rings. The summed E-state index contributed by atoms with van der Waals surface area (Å²) in [6, 6.07) is 6.92. The van der Waals surface area contributed by atoms with Crippen LogP contribution in [0.3, 0.4) is 0 Å². The molecule has 20 heavy (non-hydrogen) atoms. The average molecular weight is 278 g/mol. The fourth-order valence-electron chi connectivity index (χ4n) is 2.89. The molecule has 2 heterocycles. The first-order valence-corrected chi connectivity index (χ1v) is 7.01. The van der Waals surface area contributed by atoms with Crippen LogP contribution in [0.2, 0.25) is 0 Å². The Hall–Kier alpha value is -1.08. The fourth-order valence-corrected chi connectivity index (χ4v) is 2.89. The maximum Gasteiger partial charge on any atom is 0.488 e. The van der Waals surface area contributed by atoms with Crippen molar-refractivity contribution in [3.8, 4) is 5.75 Å². The number of hydrogen-bond acceptors (Lipinski definition) is 5. The van der Waals surface area contributed by atoms with E-state index in [4.69, 9.17) is 14.2 Å². The van der Waals surface area contributed by atoms with Crippen LogP contribution in [0.25, 0.3) is 0 Å². The SMILES string of the molecule is OB(O)c1cccc(OC2CCOC3(CCOC3)C2)c1. The van der Waals surface area contributed by atoms with Crippen LogP contribution in [0.1, 0.15) is 19.3 Å². The molecule has 1 aromatic carbocycles. The van der Waals surface area contributed by atoms with E-state index in [1.165, 1.54) is 0 Å². The summed E-state index contributed by atoms with van der Waals surface area (Å²) < 4.78 is 17.3. The molecule has 2 aliphatic heterocycles. The van der Waals surface area contributed by atoms with E-state index < -0.39 is 7.12 Å². The minimum absolute atomic E-state index is 0.0801. The van der Waals surface area contributed by atoms with Crippen molar-refractivity contribution in [2.75, 3.05) is 19.8 Å². The second-order valence-electron chi connectivity index (χ2n) is 5.51. The molecule has 2 unspecified atom stereocenters. The summed E-state index contributed by atoms with van der Waals surface area (Å²) in [5, 5.41) is 18.4. The first-order valence-electron chi connectivity index (χ1n) is 7.01. The maximum absolute atomic E-state index is 9.18. The highest BCUT2D eigenvalue weighted by Crippen LogP contribution is 2.34. The van der Waals surface area contributed by atoms with Crippen molar-refractivity contribution in [1.29, 1.82) is 0 Å². The van der Waals surface area contributed by atoms with Crippen LogP contribution in [0.4, 0.5) is 0 Å². The largest absolute Gasteiger partial charge is 0.490 e. The lowest BCUT2D eigenvalue weighted by Gasteiger charge is -2.37. The topological polar surface area (TPSA) is 68.2 Å². The van der Waals surface area contributed by atoms with Crippen LogP contribution in [-0.4, -0.2) is 48.7 Å². The van der Waals surface area contributed by atoms with E-state index >= 15 is 0 Å². The second kappa shape index (κ2) is 5.73. The molecular formula is C14H19BO5. The summed E-state index contributed by atoms with van der Waals surface area (Å²) in [4.78, 5) is 0. The number of ether oxygens (including phenoxy) is 3. The molecule has 1 aromatic rings. The summed E-state index contributed by atoms with van der Waals surface area (Å²) in [6.45, 7) is 2.07. The normalized spacial score (nSPS) is 29.6. The molecule has 0 amide bonds. The Kier molecular flexibility index (Phi) is 3.98. The van der Waals surface area contributed by atoms with Crippen LogP contribution in [0.15, 0.2) is 24.3 Å². The lowest BCUT2D eigenvalue weighted by molar-refractivity contribution is -0.112. The van der Waals surface area contributed by atoms with Crippen molar-refractivity contribution in [3.05, 3.63) is 24.3 Å². The molecule has 6 heteroatoms. The summed E-state index contributed by atoms with van der Waals surface area (Å²) in [7, 11) is -1.47. The molecule has 0 radical (unpaired) electrons. The molecule has 1 spiro atoms. The first-order chi connectivity index (χ1) is 9.67. The van der Waals surface area contributed by atoms with Gasteiger partial charge in [-0.1, -0.05) is 12.1 Å². The lowest BCUT2D eigenvalue weighted by Crippen LogP contribution is -2.44. The van der Waals surface area contributed by atoms with Crippen LogP contribution in [0.5, 0.6) is 5.75 Å². The van der Waals surface area contributed by atoms with Gasteiger partial charge in [0.1, 0.15) is 11.9 Å². The zero-order valence-electron chi connectivity index (χ0n) is 11.3. The maximum atomic E-state index is 9.18. The van der Waals surface area contributed by atoms with Gasteiger partial charge in [-0.3, -0.25) is 0 Å². The zero-order chi connectivity index (χ0) is 14.0. The van der Waals surface area contributed by atoms with Crippen LogP contribution >= 0.6 is 0 Å². The highest BCUT2D eigenvalue weighted by atomic mass is 16.6. The Morgan fingerprint density at radius 1 is 1.30 bits per heavy atom. The molecule has 2 N–H and O–H groups in total. The van der Waals surface area contributed by atoms with E-state index in [0.717, 1.165) is 25.9 Å². The van der Waals surface area contributed by atoms with E-state index in [0.29, 0.717) is 24.4 Å². The van der Waals surface area contributed by atoms with Crippen molar-refractivity contribution in [2.45, 2.75) is 31.0 Å². The predicted molar refractivity (Wildman–Crippen MR) is 74.0 cm³/mol. The third-order valence-electron chi connectivity index (χ3n) is 3.97. The minimum Gasteiger partial charge on any atom is -0.490 e. The highest BCUT2D eigenvalue weighted by Gasteiger charge is 2.41. The summed E-state index contributed by atoms with van der Waals surface area (Å²) in [6.07, 6.45) is 2.66. The highest BCUT2D eigenvalue weighted by molar-refractivity contribution is 6.58. The van der Waals surface area contributed by atoms with Crippen molar-refractivity contribution < 1.29 is 24.3 Å². The molecule has 0 saturated carbocycles. The molecule has 0 aliphatic carbocycles. The van der Waals surface area contributed by atoms with E-state index in [2.05, 4.69) is 0 Å². The van der Waals surface area contributed by atoms with E-state index in [-0.39, 0.29) is 11.7 Å². The van der Waals surface area contributed by atoms with Crippen molar-refractivity contribution in [3.63, 3.8) is 0 Å². The standard InChI is InChI=1S/C14H19BO5/c16-15(17)11-2-1-3-12(8-11)20-13-4-6-19-14(9-13)5-7-18-10-14/h1-3,8,13,16-17H,4-7,9-10H2. The van der Waals surface area contributed by atoms with Gasteiger partial charge in [0.2, 0.25) is 0 Å². The molecule has 5 nitrogen and oxygen atoms in total. The molecule has 2 saturated heterocycles. The predicted octanol–water partition coefficient (Wildman–Crippen LogP) is 0.0833. The van der Waals surface area contributed by atoms with Crippen LogP contribution < -0.4 is 10.2 Å². The number of benzene rings is 1. The summed E-state index contributed by atoms with van der Waals surface area (Å²) in [5.74, 6) is 0.663.